The number of thiazole rings is 1. The van der Waals surface area contributed by atoms with Gasteiger partial charge >= 0.3 is 0 Å². The molecule has 78 valence electrons. The van der Waals surface area contributed by atoms with E-state index >= 15 is 0 Å². The maximum absolute atomic E-state index is 10.6. The lowest BCUT2D eigenvalue weighted by molar-refractivity contribution is 0.111. The number of carbonyl (C=O) groups excluding carboxylic acids is 1. The molecule has 2 aromatic rings. The third kappa shape index (κ3) is 2.30. The average molecular weight is 221 g/mol. The van der Waals surface area contributed by atoms with Crippen LogP contribution in [0, 0.1) is 6.92 Å². The Bertz CT molecular complexity index is 461. The van der Waals surface area contributed by atoms with Crippen LogP contribution in [0.3, 0.4) is 0 Å². The van der Waals surface area contributed by atoms with Gasteiger partial charge in [-0.2, -0.15) is 0 Å². The minimum atomic E-state index is 0.614. The maximum atomic E-state index is 10.6. The first-order valence-electron chi connectivity index (χ1n) is 4.66. The number of carbonyl (C=O) groups is 1. The van der Waals surface area contributed by atoms with E-state index in [2.05, 4.69) is 9.97 Å². The highest BCUT2D eigenvalue weighted by Crippen LogP contribution is 2.10. The van der Waals surface area contributed by atoms with Gasteiger partial charge in [0.1, 0.15) is 5.69 Å². The van der Waals surface area contributed by atoms with Crippen LogP contribution in [0.1, 0.15) is 21.2 Å². The summed E-state index contributed by atoms with van der Waals surface area (Å²) in [7, 11) is 0. The van der Waals surface area contributed by atoms with E-state index < -0.39 is 0 Å². The Balaban J connectivity index is 2.01. The Kier molecular flexibility index (Phi) is 2.91. The molecule has 2 rings (SSSR count). The summed E-state index contributed by atoms with van der Waals surface area (Å²) in [6, 6.07) is 0. The van der Waals surface area contributed by atoms with Crippen LogP contribution in [0.5, 0.6) is 0 Å². The molecule has 4 nitrogen and oxygen atoms in total. The minimum Gasteiger partial charge on any atom is -0.328 e. The van der Waals surface area contributed by atoms with Crippen LogP contribution >= 0.6 is 11.3 Å². The van der Waals surface area contributed by atoms with E-state index in [1.807, 2.05) is 16.9 Å². The highest BCUT2D eigenvalue weighted by molar-refractivity contribution is 7.09. The standard InChI is InChI=1S/C10H11N3OS/c1-8-6-15-10(12-8)2-3-13-7-11-4-9(13)5-14/h4-7H,2-3H2,1H3. The molecule has 2 heterocycles. The molecule has 0 unspecified atom stereocenters. The van der Waals surface area contributed by atoms with Gasteiger partial charge in [-0.05, 0) is 6.92 Å². The van der Waals surface area contributed by atoms with E-state index in [1.54, 1.807) is 23.9 Å². The number of rotatable bonds is 4. The summed E-state index contributed by atoms with van der Waals surface area (Å²) in [5, 5.41) is 3.13. The third-order valence-corrected chi connectivity index (χ3v) is 3.12. The van der Waals surface area contributed by atoms with Crippen LogP contribution in [0.4, 0.5) is 0 Å². The summed E-state index contributed by atoms with van der Waals surface area (Å²) in [5.74, 6) is 0. The SMILES string of the molecule is Cc1csc(CCn2cncc2C=O)n1. The number of aldehydes is 1. The monoisotopic (exact) mass is 221 g/mol. The normalized spacial score (nSPS) is 10.5. The van der Waals surface area contributed by atoms with Crippen molar-refractivity contribution in [1.82, 2.24) is 14.5 Å². The molecule has 0 bridgehead atoms. The van der Waals surface area contributed by atoms with E-state index in [1.165, 1.54) is 0 Å². The molecule has 15 heavy (non-hydrogen) atoms. The highest BCUT2D eigenvalue weighted by atomic mass is 32.1. The lowest BCUT2D eigenvalue weighted by Gasteiger charge is -2.01. The molecule has 0 aliphatic carbocycles. The smallest absolute Gasteiger partial charge is 0.168 e. The summed E-state index contributed by atoms with van der Waals surface area (Å²) in [6.45, 7) is 2.73. The summed E-state index contributed by atoms with van der Waals surface area (Å²) < 4.78 is 1.84. The molecule has 5 heteroatoms. The fraction of sp³-hybridized carbons (Fsp3) is 0.300. The zero-order valence-corrected chi connectivity index (χ0v) is 9.20. The van der Waals surface area contributed by atoms with Crippen molar-refractivity contribution in [1.29, 1.82) is 0 Å². The van der Waals surface area contributed by atoms with Crippen LogP contribution in [0.25, 0.3) is 0 Å². The van der Waals surface area contributed by atoms with Crippen molar-refractivity contribution >= 4 is 17.6 Å². The zero-order chi connectivity index (χ0) is 10.7. The molecule has 0 saturated heterocycles. The molecule has 0 saturated carbocycles. The molecular formula is C10H11N3OS. The van der Waals surface area contributed by atoms with E-state index in [0.717, 1.165) is 30.0 Å². The van der Waals surface area contributed by atoms with Crippen molar-refractivity contribution < 1.29 is 4.79 Å². The number of aromatic nitrogens is 3. The number of hydrogen-bond donors (Lipinski definition) is 0. The predicted octanol–water partition coefficient (Wildman–Crippen LogP) is 1.70. The van der Waals surface area contributed by atoms with E-state index in [4.69, 9.17) is 0 Å². The number of aryl methyl sites for hydroxylation is 3. The fourth-order valence-electron chi connectivity index (χ4n) is 1.35. The van der Waals surface area contributed by atoms with Gasteiger partial charge in [-0.15, -0.1) is 11.3 Å². The van der Waals surface area contributed by atoms with Gasteiger partial charge in [-0.25, -0.2) is 9.97 Å². The molecule has 2 aromatic heterocycles. The van der Waals surface area contributed by atoms with Crippen LogP contribution < -0.4 is 0 Å². The van der Waals surface area contributed by atoms with Gasteiger partial charge in [0.05, 0.1) is 17.5 Å². The Morgan fingerprint density at radius 3 is 3.13 bits per heavy atom. The Labute approximate surface area is 91.6 Å². The first-order chi connectivity index (χ1) is 7.29. The summed E-state index contributed by atoms with van der Waals surface area (Å²) in [5.41, 5.74) is 1.67. The number of hydrogen-bond acceptors (Lipinski definition) is 4. The molecule has 0 N–H and O–H groups in total. The fourth-order valence-corrected chi connectivity index (χ4v) is 2.11. The van der Waals surface area contributed by atoms with Crippen LogP contribution in [-0.4, -0.2) is 20.8 Å². The molecule has 0 amide bonds. The first-order valence-corrected chi connectivity index (χ1v) is 5.54. The van der Waals surface area contributed by atoms with Gasteiger partial charge in [0.2, 0.25) is 0 Å². The van der Waals surface area contributed by atoms with Gasteiger partial charge < -0.3 is 4.57 Å². The number of nitrogens with zero attached hydrogens (tertiary/aromatic N) is 3. The summed E-state index contributed by atoms with van der Waals surface area (Å²) >= 11 is 1.65. The van der Waals surface area contributed by atoms with Crippen LogP contribution in [0.15, 0.2) is 17.9 Å². The van der Waals surface area contributed by atoms with Crippen LogP contribution in [0.2, 0.25) is 0 Å². The first kappa shape index (κ1) is 10.0. The second-order valence-corrected chi connectivity index (χ2v) is 4.21. The van der Waals surface area contributed by atoms with Gasteiger partial charge in [0.25, 0.3) is 0 Å². The molecule has 0 aliphatic heterocycles. The van der Waals surface area contributed by atoms with E-state index in [9.17, 15) is 4.79 Å². The van der Waals surface area contributed by atoms with Crippen LogP contribution in [-0.2, 0) is 13.0 Å². The van der Waals surface area contributed by atoms with Gasteiger partial charge in [-0.3, -0.25) is 4.79 Å². The molecule has 0 aliphatic rings. The molecule has 0 spiro atoms. The van der Waals surface area contributed by atoms with Crippen molar-refractivity contribution in [3.8, 4) is 0 Å². The second kappa shape index (κ2) is 4.35. The van der Waals surface area contributed by atoms with Gasteiger partial charge in [-0.1, -0.05) is 0 Å². The van der Waals surface area contributed by atoms with E-state index in [-0.39, 0.29) is 0 Å². The quantitative estimate of drug-likeness (QED) is 0.738. The number of imidazole rings is 1. The summed E-state index contributed by atoms with van der Waals surface area (Å²) in [4.78, 5) is 18.9. The Morgan fingerprint density at radius 1 is 1.60 bits per heavy atom. The molecular weight excluding hydrogens is 210 g/mol. The largest absolute Gasteiger partial charge is 0.328 e. The predicted molar refractivity (Wildman–Crippen MR) is 58.2 cm³/mol. The maximum Gasteiger partial charge on any atom is 0.168 e. The average Bonchev–Trinajstić information content (AvgIpc) is 2.83. The summed E-state index contributed by atoms with van der Waals surface area (Å²) in [6.07, 6.45) is 4.90. The lowest BCUT2D eigenvalue weighted by atomic mass is 10.4. The highest BCUT2D eigenvalue weighted by Gasteiger charge is 2.02. The zero-order valence-electron chi connectivity index (χ0n) is 8.38. The van der Waals surface area contributed by atoms with Crippen molar-refractivity contribution in [2.75, 3.05) is 0 Å². The molecule has 0 aromatic carbocycles. The minimum absolute atomic E-state index is 0.614. The van der Waals surface area contributed by atoms with Gasteiger partial charge in [0.15, 0.2) is 6.29 Å². The topological polar surface area (TPSA) is 47.8 Å². The Hall–Kier alpha value is -1.49. The Morgan fingerprint density at radius 2 is 2.47 bits per heavy atom. The van der Waals surface area contributed by atoms with Crippen molar-refractivity contribution in [2.45, 2.75) is 19.9 Å². The van der Waals surface area contributed by atoms with Gasteiger partial charge in [0, 0.05) is 24.0 Å². The molecule has 0 fully saturated rings. The third-order valence-electron chi connectivity index (χ3n) is 2.10. The molecule has 0 radical (unpaired) electrons. The second-order valence-electron chi connectivity index (χ2n) is 3.26. The lowest BCUT2D eigenvalue weighted by Crippen LogP contribution is -2.03. The molecule has 0 atom stereocenters. The van der Waals surface area contributed by atoms with Crippen molar-refractivity contribution in [2.24, 2.45) is 0 Å². The van der Waals surface area contributed by atoms with Crippen molar-refractivity contribution in [3.63, 3.8) is 0 Å². The van der Waals surface area contributed by atoms with Crippen molar-refractivity contribution in [3.05, 3.63) is 34.3 Å². The van der Waals surface area contributed by atoms with E-state index in [0.29, 0.717) is 5.69 Å².